The maximum Gasteiger partial charge on any atom is 0.379 e. The van der Waals surface area contributed by atoms with Crippen molar-refractivity contribution >= 4 is 11.9 Å². The molecular weight excluding hydrogens is 299 g/mol. The Hall–Kier alpha value is -1.95. The van der Waals surface area contributed by atoms with E-state index in [9.17, 15) is 14.1 Å². The molecule has 3 rings (SSSR count). The molecule has 1 amide bonds. The number of carbonyl (C=O) groups excluding carboxylic acids is 2. The first kappa shape index (κ1) is 15.9. The Balaban J connectivity index is 1.63. The molecule has 124 valence electrons. The SMILES string of the molecule is O=C(OF)c1cccc(C2CCCN(C(=O)CNC3CC3)C2)c1. The number of nitrogens with zero attached hydrogens (tertiary/aromatic N) is 1. The van der Waals surface area contributed by atoms with Crippen LogP contribution in [0.1, 0.15) is 47.5 Å². The smallest absolute Gasteiger partial charge is 0.341 e. The van der Waals surface area contributed by atoms with E-state index in [1.165, 1.54) is 6.07 Å². The summed E-state index contributed by atoms with van der Waals surface area (Å²) >= 11 is 0. The summed E-state index contributed by atoms with van der Waals surface area (Å²) < 4.78 is 12.1. The van der Waals surface area contributed by atoms with Gasteiger partial charge in [-0.15, -0.1) is 0 Å². The lowest BCUT2D eigenvalue weighted by Gasteiger charge is -2.33. The van der Waals surface area contributed by atoms with Crippen LogP contribution in [-0.2, 0) is 9.74 Å². The maximum atomic E-state index is 12.3. The van der Waals surface area contributed by atoms with Crippen LogP contribution >= 0.6 is 0 Å². The van der Waals surface area contributed by atoms with Gasteiger partial charge in [-0.1, -0.05) is 12.1 Å². The van der Waals surface area contributed by atoms with Crippen LogP contribution in [0.25, 0.3) is 0 Å². The van der Waals surface area contributed by atoms with Gasteiger partial charge in [0.05, 0.1) is 12.1 Å². The molecule has 5 nitrogen and oxygen atoms in total. The quantitative estimate of drug-likeness (QED) is 0.903. The second-order valence-corrected chi connectivity index (χ2v) is 6.32. The van der Waals surface area contributed by atoms with E-state index in [-0.39, 0.29) is 17.4 Å². The zero-order valence-electron chi connectivity index (χ0n) is 13.0. The predicted molar refractivity (Wildman–Crippen MR) is 82.5 cm³/mol. The lowest BCUT2D eigenvalue weighted by Crippen LogP contribution is -2.43. The number of benzene rings is 1. The molecule has 0 bridgehead atoms. The summed E-state index contributed by atoms with van der Waals surface area (Å²) in [4.78, 5) is 28.7. The third-order valence-corrected chi connectivity index (χ3v) is 4.56. The van der Waals surface area contributed by atoms with Crippen LogP contribution in [0.2, 0.25) is 0 Å². The number of piperidine rings is 1. The van der Waals surface area contributed by atoms with Crippen LogP contribution in [0, 0.1) is 0 Å². The fourth-order valence-electron chi connectivity index (χ4n) is 3.07. The van der Waals surface area contributed by atoms with E-state index in [0.717, 1.165) is 37.8 Å². The lowest BCUT2D eigenvalue weighted by molar-refractivity contribution is -0.131. The van der Waals surface area contributed by atoms with Gasteiger partial charge in [-0.05, 0) is 43.4 Å². The van der Waals surface area contributed by atoms with Gasteiger partial charge < -0.3 is 10.2 Å². The molecule has 23 heavy (non-hydrogen) atoms. The van der Waals surface area contributed by atoms with Gasteiger partial charge in [-0.2, -0.15) is 0 Å². The first-order valence-electron chi connectivity index (χ1n) is 8.11. The number of hydrogen-bond acceptors (Lipinski definition) is 4. The highest BCUT2D eigenvalue weighted by Crippen LogP contribution is 2.28. The topological polar surface area (TPSA) is 58.6 Å². The Labute approximate surface area is 134 Å². The van der Waals surface area contributed by atoms with Gasteiger partial charge in [-0.3, -0.25) is 4.79 Å². The van der Waals surface area contributed by atoms with Gasteiger partial charge in [-0.25, -0.2) is 9.74 Å². The molecular formula is C17H21FN2O3. The molecule has 1 aromatic carbocycles. The number of amides is 1. The van der Waals surface area contributed by atoms with Crippen LogP contribution in [-0.4, -0.2) is 42.5 Å². The average Bonchev–Trinajstić information content (AvgIpc) is 3.43. The van der Waals surface area contributed by atoms with E-state index < -0.39 is 5.97 Å². The molecule has 1 N–H and O–H groups in total. The van der Waals surface area contributed by atoms with Gasteiger partial charge in [0.25, 0.3) is 0 Å². The number of carbonyl (C=O) groups is 2. The van der Waals surface area contributed by atoms with Gasteiger partial charge in [0.15, 0.2) is 0 Å². The summed E-state index contributed by atoms with van der Waals surface area (Å²) in [6, 6.07) is 7.33. The third-order valence-electron chi connectivity index (χ3n) is 4.56. The van der Waals surface area contributed by atoms with E-state index >= 15 is 0 Å². The number of likely N-dealkylation sites (tertiary alicyclic amines) is 1. The minimum Gasteiger partial charge on any atom is -0.341 e. The highest BCUT2D eigenvalue weighted by Gasteiger charge is 2.27. The Morgan fingerprint density at radius 2 is 2.13 bits per heavy atom. The fourth-order valence-corrected chi connectivity index (χ4v) is 3.07. The van der Waals surface area contributed by atoms with Crippen molar-refractivity contribution in [1.29, 1.82) is 0 Å². The van der Waals surface area contributed by atoms with E-state index in [4.69, 9.17) is 0 Å². The van der Waals surface area contributed by atoms with Crippen molar-refractivity contribution < 1.29 is 19.1 Å². The van der Waals surface area contributed by atoms with Gasteiger partial charge in [0.2, 0.25) is 5.91 Å². The zero-order valence-corrected chi connectivity index (χ0v) is 13.0. The fraction of sp³-hybridized carbons (Fsp3) is 0.529. The van der Waals surface area contributed by atoms with Gasteiger partial charge >= 0.3 is 5.97 Å². The van der Waals surface area contributed by atoms with Crippen LogP contribution in [0.15, 0.2) is 24.3 Å². The van der Waals surface area contributed by atoms with E-state index in [1.54, 1.807) is 12.1 Å². The number of nitrogens with one attached hydrogen (secondary N) is 1. The predicted octanol–water partition coefficient (Wildman–Crippen LogP) is 2.19. The van der Waals surface area contributed by atoms with Crippen molar-refractivity contribution in [3.05, 3.63) is 35.4 Å². The molecule has 1 aliphatic heterocycles. The standard InChI is InChI=1S/C17H21FN2O3/c18-23-17(22)13-4-1-3-12(9-13)14-5-2-8-20(11-14)16(21)10-19-15-6-7-15/h1,3-4,9,14-15,19H,2,5-8,10-11H2. The molecule has 1 saturated heterocycles. The Bertz CT molecular complexity index is 589. The highest BCUT2D eigenvalue weighted by atomic mass is 19.3. The number of rotatable bonds is 5. The number of halogens is 1. The Kier molecular flexibility index (Phi) is 4.91. The molecule has 0 spiro atoms. The highest BCUT2D eigenvalue weighted by molar-refractivity contribution is 5.89. The molecule has 1 heterocycles. The lowest BCUT2D eigenvalue weighted by atomic mass is 9.89. The summed E-state index contributed by atoms with van der Waals surface area (Å²) in [6.07, 6.45) is 4.20. The number of hydrogen-bond donors (Lipinski definition) is 1. The largest absolute Gasteiger partial charge is 0.379 e. The summed E-state index contributed by atoms with van der Waals surface area (Å²) in [6.45, 7) is 1.80. The van der Waals surface area contributed by atoms with Crippen LogP contribution in [0.3, 0.4) is 0 Å². The Morgan fingerprint density at radius 1 is 1.30 bits per heavy atom. The minimum absolute atomic E-state index is 0.126. The van der Waals surface area contributed by atoms with Crippen molar-refractivity contribution in [2.75, 3.05) is 19.6 Å². The molecule has 1 aliphatic carbocycles. The summed E-state index contributed by atoms with van der Waals surface area (Å²) in [7, 11) is 0. The molecule has 1 atom stereocenters. The molecule has 2 aliphatic rings. The van der Waals surface area contributed by atoms with E-state index in [0.29, 0.717) is 19.1 Å². The minimum atomic E-state index is -0.982. The maximum absolute atomic E-state index is 12.3. The van der Waals surface area contributed by atoms with Crippen molar-refractivity contribution in [3.8, 4) is 0 Å². The summed E-state index contributed by atoms with van der Waals surface area (Å²) in [5.41, 5.74) is 1.14. The first-order valence-corrected chi connectivity index (χ1v) is 8.11. The molecule has 1 unspecified atom stereocenters. The average molecular weight is 320 g/mol. The normalized spacial score (nSPS) is 21.1. The molecule has 0 aromatic heterocycles. The van der Waals surface area contributed by atoms with Crippen LogP contribution in [0.4, 0.5) is 4.53 Å². The van der Waals surface area contributed by atoms with Crippen molar-refractivity contribution in [1.82, 2.24) is 10.2 Å². The van der Waals surface area contributed by atoms with Gasteiger partial charge in [0, 0.05) is 29.6 Å². The molecule has 1 saturated carbocycles. The monoisotopic (exact) mass is 320 g/mol. The zero-order chi connectivity index (χ0) is 16.2. The van der Waals surface area contributed by atoms with Crippen molar-refractivity contribution in [3.63, 3.8) is 0 Å². The molecule has 1 aromatic rings. The molecule has 0 radical (unpaired) electrons. The summed E-state index contributed by atoms with van der Waals surface area (Å²) in [5.74, 6) is -0.689. The second kappa shape index (κ2) is 7.08. The van der Waals surface area contributed by atoms with Crippen LogP contribution < -0.4 is 5.32 Å². The Morgan fingerprint density at radius 3 is 2.87 bits per heavy atom. The van der Waals surface area contributed by atoms with Crippen molar-refractivity contribution in [2.45, 2.75) is 37.6 Å². The van der Waals surface area contributed by atoms with Crippen molar-refractivity contribution in [2.24, 2.45) is 0 Å². The third kappa shape index (κ3) is 4.07. The molecule has 6 heteroatoms. The summed E-state index contributed by atoms with van der Waals surface area (Å²) in [5, 5.41) is 3.25. The molecule has 2 fully saturated rings. The van der Waals surface area contributed by atoms with Crippen LogP contribution in [0.5, 0.6) is 0 Å². The van der Waals surface area contributed by atoms with E-state index in [2.05, 4.69) is 10.3 Å². The second-order valence-electron chi connectivity index (χ2n) is 6.32. The van der Waals surface area contributed by atoms with E-state index in [1.807, 2.05) is 11.0 Å². The van der Waals surface area contributed by atoms with Gasteiger partial charge in [0.1, 0.15) is 0 Å². The first-order chi connectivity index (χ1) is 11.2.